The van der Waals surface area contributed by atoms with Crippen LogP contribution in [-0.4, -0.2) is 44.7 Å². The summed E-state index contributed by atoms with van der Waals surface area (Å²) in [7, 11) is 2.12. The van der Waals surface area contributed by atoms with Gasteiger partial charge in [0.15, 0.2) is 0 Å². The molecule has 77 valence electrons. The van der Waals surface area contributed by atoms with Crippen molar-refractivity contribution in [2.75, 3.05) is 13.6 Å². The first-order chi connectivity index (χ1) is 6.26. The van der Waals surface area contributed by atoms with Crippen LogP contribution in [0.5, 0.6) is 0 Å². The van der Waals surface area contributed by atoms with E-state index in [1.807, 2.05) is 0 Å². The molecule has 0 fully saturated rings. The molecule has 0 saturated heterocycles. The first kappa shape index (κ1) is 14.0. The summed E-state index contributed by atoms with van der Waals surface area (Å²) in [6.45, 7) is 4.87. The molecule has 0 atom stereocenters. The molecule has 0 aliphatic heterocycles. The minimum Gasteiger partial charge on any atom is -0.326 e. The van der Waals surface area contributed by atoms with Gasteiger partial charge in [0.05, 0.1) is 0 Å². The van der Waals surface area contributed by atoms with E-state index in [0.717, 1.165) is 13.1 Å². The molecule has 2 N–H and O–H groups in total. The molecule has 14 heavy (non-hydrogen) atoms. The Morgan fingerprint density at radius 1 is 1.29 bits per heavy atom. The minimum atomic E-state index is 0. The zero-order valence-corrected chi connectivity index (χ0v) is 12.4. The van der Waals surface area contributed by atoms with Gasteiger partial charge < -0.3 is 10.6 Å². The Bertz CT molecular complexity index is 263. The first-order valence-electron chi connectivity index (χ1n) is 4.72. The molecule has 1 rings (SSSR count). The molecule has 0 aromatic heterocycles. The Morgan fingerprint density at radius 2 is 1.93 bits per heavy atom. The molecule has 0 spiro atoms. The summed E-state index contributed by atoms with van der Waals surface area (Å²) < 4.78 is 0. The van der Waals surface area contributed by atoms with Gasteiger partial charge in [0.1, 0.15) is 0 Å². The van der Waals surface area contributed by atoms with Crippen LogP contribution < -0.4 is 5.73 Å². The van der Waals surface area contributed by atoms with Crippen molar-refractivity contribution in [3.63, 3.8) is 0 Å². The van der Waals surface area contributed by atoms with Crippen molar-refractivity contribution in [3.05, 3.63) is 35.4 Å². The van der Waals surface area contributed by atoms with Gasteiger partial charge in [-0.25, -0.2) is 0 Å². The zero-order valence-electron chi connectivity index (χ0n) is 8.90. The average Bonchev–Trinajstić information content (AvgIpc) is 2.18. The number of benzene rings is 1. The fourth-order valence-corrected chi connectivity index (χ4v) is 1.28. The second-order valence-electron chi connectivity index (χ2n) is 3.35. The molecular weight excluding hydrogens is 369 g/mol. The van der Waals surface area contributed by atoms with Gasteiger partial charge in [-0.1, -0.05) is 31.2 Å². The number of hydrogen-bond donors (Lipinski definition) is 1. The predicted octanol–water partition coefficient (Wildman–Crippen LogP) is 1.22. The maximum absolute atomic E-state index is 5.57. The average molecular weight is 387 g/mol. The van der Waals surface area contributed by atoms with E-state index in [9.17, 15) is 0 Å². The van der Waals surface area contributed by atoms with E-state index < -0.39 is 0 Å². The third-order valence-electron chi connectivity index (χ3n) is 2.22. The fraction of sp³-hybridized carbons (Fsp3) is 0.455. The van der Waals surface area contributed by atoms with E-state index >= 15 is 0 Å². The third kappa shape index (κ3) is 4.50. The Kier molecular flexibility index (Phi) is 7.34. The molecule has 0 saturated carbocycles. The summed E-state index contributed by atoms with van der Waals surface area (Å²) in [5.41, 5.74) is 8.12. The summed E-state index contributed by atoms with van der Waals surface area (Å²) in [5, 5.41) is 0. The second-order valence-corrected chi connectivity index (χ2v) is 3.35. The van der Waals surface area contributed by atoms with Gasteiger partial charge in [0.25, 0.3) is 0 Å². The summed E-state index contributed by atoms with van der Waals surface area (Å²) in [5.74, 6) is 0. The van der Waals surface area contributed by atoms with Gasteiger partial charge in [-0.05, 0) is 24.7 Å². The molecule has 3 radical (unpaired) electrons. The monoisotopic (exact) mass is 387 g/mol. The van der Waals surface area contributed by atoms with Gasteiger partial charge in [-0.2, -0.15) is 0 Å². The Labute approximate surface area is 106 Å². The third-order valence-corrected chi connectivity index (χ3v) is 2.22. The predicted molar refractivity (Wildman–Crippen MR) is 62.1 cm³/mol. The van der Waals surface area contributed by atoms with Crippen LogP contribution in [0.1, 0.15) is 18.1 Å². The number of nitrogens with two attached hydrogens (primary N) is 1. The van der Waals surface area contributed by atoms with E-state index in [2.05, 4.69) is 43.1 Å². The molecule has 1 aromatic rings. The molecule has 2 nitrogen and oxygen atoms in total. The Morgan fingerprint density at radius 3 is 2.50 bits per heavy atom. The van der Waals surface area contributed by atoms with Crippen LogP contribution >= 0.6 is 0 Å². The SMILES string of the molecule is CCN(C)Cc1cccc(CN)c1.[Bi]. The van der Waals surface area contributed by atoms with Gasteiger partial charge in [0, 0.05) is 39.3 Å². The van der Waals surface area contributed by atoms with Crippen LogP contribution in [0.25, 0.3) is 0 Å². The zero-order chi connectivity index (χ0) is 9.68. The maximum atomic E-state index is 5.57. The molecular formula is C11H18BiN2. The Hall–Kier alpha value is 0.0231. The van der Waals surface area contributed by atoms with Crippen molar-refractivity contribution in [2.24, 2.45) is 5.73 Å². The molecule has 0 heterocycles. The fourth-order valence-electron chi connectivity index (χ4n) is 1.28. The molecule has 0 aliphatic carbocycles. The maximum Gasteiger partial charge on any atom is 0.0230 e. The summed E-state index contributed by atoms with van der Waals surface area (Å²) in [6, 6.07) is 8.45. The van der Waals surface area contributed by atoms with Crippen LogP contribution in [0.15, 0.2) is 24.3 Å². The number of nitrogens with zero attached hydrogens (tertiary/aromatic N) is 1. The van der Waals surface area contributed by atoms with Crippen LogP contribution in [0.2, 0.25) is 0 Å². The molecule has 0 unspecified atom stereocenters. The van der Waals surface area contributed by atoms with Crippen LogP contribution in [-0.2, 0) is 13.1 Å². The topological polar surface area (TPSA) is 29.3 Å². The number of hydrogen-bond acceptors (Lipinski definition) is 2. The minimum absolute atomic E-state index is 0. The van der Waals surface area contributed by atoms with Crippen molar-refractivity contribution in [1.82, 2.24) is 4.90 Å². The first-order valence-corrected chi connectivity index (χ1v) is 4.72. The van der Waals surface area contributed by atoms with Crippen molar-refractivity contribution in [2.45, 2.75) is 20.0 Å². The van der Waals surface area contributed by atoms with E-state index in [1.54, 1.807) is 0 Å². The van der Waals surface area contributed by atoms with Crippen molar-refractivity contribution < 1.29 is 0 Å². The quantitative estimate of drug-likeness (QED) is 0.788. The molecule has 0 amide bonds. The van der Waals surface area contributed by atoms with E-state index in [-0.39, 0.29) is 26.2 Å². The van der Waals surface area contributed by atoms with Gasteiger partial charge in [-0.15, -0.1) is 0 Å². The molecule has 0 aliphatic rings. The molecule has 1 aromatic carbocycles. The smallest absolute Gasteiger partial charge is 0.0230 e. The largest absolute Gasteiger partial charge is 0.326 e. The standard InChI is InChI=1S/C11H18N2.Bi/c1-3-13(2)9-11-6-4-5-10(7-11)8-12;/h4-7H,3,8-9,12H2,1-2H3;. The Balaban J connectivity index is 0.00000169. The van der Waals surface area contributed by atoms with Crippen LogP contribution in [0.4, 0.5) is 0 Å². The molecule has 0 bridgehead atoms. The van der Waals surface area contributed by atoms with Crippen LogP contribution in [0, 0.1) is 0 Å². The van der Waals surface area contributed by atoms with Gasteiger partial charge in [-0.3, -0.25) is 0 Å². The van der Waals surface area contributed by atoms with Crippen LogP contribution in [0.3, 0.4) is 0 Å². The summed E-state index contributed by atoms with van der Waals surface area (Å²) in [4.78, 5) is 2.27. The van der Waals surface area contributed by atoms with Crippen molar-refractivity contribution in [1.29, 1.82) is 0 Å². The summed E-state index contributed by atoms with van der Waals surface area (Å²) >= 11 is 0. The van der Waals surface area contributed by atoms with Crippen molar-refractivity contribution >= 4 is 26.2 Å². The van der Waals surface area contributed by atoms with Gasteiger partial charge in [0.2, 0.25) is 0 Å². The van der Waals surface area contributed by atoms with E-state index in [4.69, 9.17) is 5.73 Å². The summed E-state index contributed by atoms with van der Waals surface area (Å²) in [6.07, 6.45) is 0. The molecule has 3 heteroatoms. The van der Waals surface area contributed by atoms with E-state index in [1.165, 1.54) is 11.1 Å². The van der Waals surface area contributed by atoms with E-state index in [0.29, 0.717) is 6.54 Å². The number of rotatable bonds is 4. The van der Waals surface area contributed by atoms with Gasteiger partial charge >= 0.3 is 0 Å². The second kappa shape index (κ2) is 7.33. The normalized spacial score (nSPS) is 10.0. The van der Waals surface area contributed by atoms with Crippen molar-refractivity contribution in [3.8, 4) is 0 Å².